The van der Waals surface area contributed by atoms with Gasteiger partial charge in [-0.05, 0) is 88.6 Å². The van der Waals surface area contributed by atoms with Crippen molar-refractivity contribution < 1.29 is 19.0 Å². The molecule has 9 heteroatoms. The van der Waals surface area contributed by atoms with E-state index in [1.54, 1.807) is 55.6 Å². The van der Waals surface area contributed by atoms with Gasteiger partial charge in [-0.25, -0.2) is 0 Å². The SMILES string of the molecule is CCOc1cc(/C=C(\C#N)C(=O)Nc2ccc(OC)cc2)cc(Br)c1OCc1ccc(Cl)c(Cl)c1. The number of nitriles is 1. The Labute approximate surface area is 222 Å². The summed E-state index contributed by atoms with van der Waals surface area (Å²) in [6.45, 7) is 2.48. The molecule has 3 rings (SSSR count). The summed E-state index contributed by atoms with van der Waals surface area (Å²) < 4.78 is 17.5. The highest BCUT2D eigenvalue weighted by atomic mass is 79.9. The quantitative estimate of drug-likeness (QED) is 0.214. The van der Waals surface area contributed by atoms with Crippen LogP contribution in [0.25, 0.3) is 6.08 Å². The van der Waals surface area contributed by atoms with Gasteiger partial charge in [-0.2, -0.15) is 5.26 Å². The summed E-state index contributed by atoms with van der Waals surface area (Å²) in [6.07, 6.45) is 1.48. The Kier molecular flexibility index (Phi) is 9.44. The van der Waals surface area contributed by atoms with Crippen LogP contribution in [-0.2, 0) is 11.4 Å². The minimum atomic E-state index is -0.535. The number of halogens is 3. The fraction of sp³-hybridized carbons (Fsp3) is 0.154. The van der Waals surface area contributed by atoms with Crippen LogP contribution in [-0.4, -0.2) is 19.6 Å². The molecule has 3 aromatic carbocycles. The first-order valence-corrected chi connectivity index (χ1v) is 12.0. The van der Waals surface area contributed by atoms with Gasteiger partial charge in [-0.3, -0.25) is 4.79 Å². The van der Waals surface area contributed by atoms with Gasteiger partial charge in [0.15, 0.2) is 11.5 Å². The molecule has 0 bridgehead atoms. The molecule has 0 fully saturated rings. The largest absolute Gasteiger partial charge is 0.497 e. The smallest absolute Gasteiger partial charge is 0.266 e. The Hall–Kier alpha value is -3.18. The van der Waals surface area contributed by atoms with E-state index in [0.717, 1.165) is 5.56 Å². The summed E-state index contributed by atoms with van der Waals surface area (Å²) in [5.74, 6) is 1.07. The number of amides is 1. The normalized spacial score (nSPS) is 10.9. The molecule has 0 aliphatic rings. The Morgan fingerprint density at radius 1 is 1.09 bits per heavy atom. The molecule has 3 aromatic rings. The average Bonchev–Trinajstić information content (AvgIpc) is 2.84. The monoisotopic (exact) mass is 574 g/mol. The second-order valence-electron chi connectivity index (χ2n) is 7.15. The molecular weight excluding hydrogens is 555 g/mol. The van der Waals surface area contributed by atoms with E-state index in [0.29, 0.717) is 49.6 Å². The molecule has 0 atom stereocenters. The molecule has 0 saturated carbocycles. The molecule has 0 heterocycles. The van der Waals surface area contributed by atoms with Crippen LogP contribution in [0, 0.1) is 11.3 Å². The number of anilines is 1. The first-order chi connectivity index (χ1) is 16.8. The van der Waals surface area contributed by atoms with Gasteiger partial charge in [0.2, 0.25) is 0 Å². The summed E-state index contributed by atoms with van der Waals surface area (Å²) in [5.41, 5.74) is 1.89. The predicted molar refractivity (Wildman–Crippen MR) is 141 cm³/mol. The predicted octanol–water partition coefficient (Wildman–Crippen LogP) is 7.29. The van der Waals surface area contributed by atoms with Crippen LogP contribution in [0.5, 0.6) is 17.2 Å². The lowest BCUT2D eigenvalue weighted by molar-refractivity contribution is -0.112. The molecule has 0 saturated heterocycles. The van der Waals surface area contributed by atoms with E-state index in [1.807, 2.05) is 19.1 Å². The number of benzene rings is 3. The molecule has 1 amide bonds. The standard InChI is InChI=1S/C26H21BrCl2N2O4/c1-3-34-24-13-17(10-18(14-30)26(32)31-19-5-7-20(33-2)8-6-19)11-21(27)25(24)35-15-16-4-9-22(28)23(29)12-16/h4-13H,3,15H2,1-2H3,(H,31,32)/b18-10+. The number of nitrogens with zero attached hydrogens (tertiary/aromatic N) is 1. The van der Waals surface area contributed by atoms with Crippen LogP contribution in [0.4, 0.5) is 5.69 Å². The highest BCUT2D eigenvalue weighted by molar-refractivity contribution is 9.10. The summed E-state index contributed by atoms with van der Waals surface area (Å²) in [4.78, 5) is 12.7. The van der Waals surface area contributed by atoms with E-state index in [2.05, 4.69) is 21.2 Å². The van der Waals surface area contributed by atoms with Gasteiger partial charge >= 0.3 is 0 Å². The topological polar surface area (TPSA) is 80.6 Å². The van der Waals surface area contributed by atoms with Gasteiger partial charge in [0.05, 0.1) is 28.2 Å². The summed E-state index contributed by atoms with van der Waals surface area (Å²) >= 11 is 15.6. The van der Waals surface area contributed by atoms with Gasteiger partial charge in [-0.1, -0.05) is 29.3 Å². The number of methoxy groups -OCH3 is 1. The van der Waals surface area contributed by atoms with Crippen LogP contribution in [0.15, 0.2) is 64.6 Å². The van der Waals surface area contributed by atoms with E-state index in [9.17, 15) is 10.1 Å². The number of carbonyl (C=O) groups is 1. The lowest BCUT2D eigenvalue weighted by Crippen LogP contribution is -2.13. The summed E-state index contributed by atoms with van der Waals surface area (Å²) in [6, 6.07) is 17.5. The maximum atomic E-state index is 12.7. The Morgan fingerprint density at radius 2 is 1.83 bits per heavy atom. The van der Waals surface area contributed by atoms with Crippen molar-refractivity contribution in [3.8, 4) is 23.3 Å². The van der Waals surface area contributed by atoms with Gasteiger partial charge in [0.1, 0.15) is 24.0 Å². The molecular formula is C26H21BrCl2N2O4. The lowest BCUT2D eigenvalue weighted by atomic mass is 10.1. The van der Waals surface area contributed by atoms with Crippen molar-refractivity contribution >= 4 is 56.8 Å². The van der Waals surface area contributed by atoms with Crippen LogP contribution >= 0.6 is 39.1 Å². The molecule has 0 aliphatic carbocycles. The van der Waals surface area contributed by atoms with Crippen LogP contribution in [0.1, 0.15) is 18.1 Å². The minimum Gasteiger partial charge on any atom is -0.497 e. The zero-order chi connectivity index (χ0) is 25.4. The minimum absolute atomic E-state index is 0.0698. The average molecular weight is 576 g/mol. The highest BCUT2D eigenvalue weighted by Gasteiger charge is 2.15. The number of hydrogen-bond acceptors (Lipinski definition) is 5. The van der Waals surface area contributed by atoms with Gasteiger partial charge in [0, 0.05) is 5.69 Å². The maximum absolute atomic E-state index is 12.7. The summed E-state index contributed by atoms with van der Waals surface area (Å²) in [5, 5.41) is 13.2. The van der Waals surface area contributed by atoms with Crippen molar-refractivity contribution in [2.75, 3.05) is 19.0 Å². The van der Waals surface area contributed by atoms with E-state index < -0.39 is 5.91 Å². The zero-order valence-electron chi connectivity index (χ0n) is 18.9. The van der Waals surface area contributed by atoms with Gasteiger partial charge in [-0.15, -0.1) is 0 Å². The molecule has 0 unspecified atom stereocenters. The van der Waals surface area contributed by atoms with Crippen LogP contribution in [0.3, 0.4) is 0 Å². The van der Waals surface area contributed by atoms with Crippen molar-refractivity contribution in [1.29, 1.82) is 5.26 Å². The van der Waals surface area contributed by atoms with Crippen molar-refractivity contribution in [3.63, 3.8) is 0 Å². The number of rotatable bonds is 9. The Balaban J connectivity index is 1.82. The molecule has 0 aliphatic heterocycles. The molecule has 1 N–H and O–H groups in total. The number of carbonyl (C=O) groups excluding carboxylic acids is 1. The maximum Gasteiger partial charge on any atom is 0.266 e. The molecule has 35 heavy (non-hydrogen) atoms. The fourth-order valence-electron chi connectivity index (χ4n) is 3.05. The van der Waals surface area contributed by atoms with Crippen molar-refractivity contribution in [1.82, 2.24) is 0 Å². The third kappa shape index (κ3) is 7.15. The Morgan fingerprint density at radius 3 is 2.46 bits per heavy atom. The highest BCUT2D eigenvalue weighted by Crippen LogP contribution is 2.38. The second-order valence-corrected chi connectivity index (χ2v) is 8.82. The Bertz CT molecular complexity index is 1290. The van der Waals surface area contributed by atoms with Gasteiger partial charge in [0.25, 0.3) is 5.91 Å². The van der Waals surface area contributed by atoms with E-state index in [-0.39, 0.29) is 12.2 Å². The van der Waals surface area contributed by atoms with Crippen LogP contribution < -0.4 is 19.5 Å². The summed E-state index contributed by atoms with van der Waals surface area (Å²) in [7, 11) is 1.56. The van der Waals surface area contributed by atoms with Crippen molar-refractivity contribution in [2.45, 2.75) is 13.5 Å². The molecule has 0 aromatic heterocycles. The van der Waals surface area contributed by atoms with E-state index in [4.69, 9.17) is 37.4 Å². The number of hydrogen-bond donors (Lipinski definition) is 1. The number of nitrogens with one attached hydrogen (secondary N) is 1. The zero-order valence-corrected chi connectivity index (χ0v) is 22.0. The first kappa shape index (κ1) is 26.4. The lowest BCUT2D eigenvalue weighted by Gasteiger charge is -2.15. The van der Waals surface area contributed by atoms with Crippen molar-refractivity contribution in [3.05, 3.63) is 85.8 Å². The van der Waals surface area contributed by atoms with E-state index >= 15 is 0 Å². The fourth-order valence-corrected chi connectivity index (χ4v) is 3.94. The van der Waals surface area contributed by atoms with Crippen molar-refractivity contribution in [2.24, 2.45) is 0 Å². The van der Waals surface area contributed by atoms with Crippen LogP contribution in [0.2, 0.25) is 10.0 Å². The molecule has 0 radical (unpaired) electrons. The molecule has 6 nitrogen and oxygen atoms in total. The third-order valence-corrected chi connectivity index (χ3v) is 6.05. The third-order valence-electron chi connectivity index (χ3n) is 4.72. The molecule has 0 spiro atoms. The van der Waals surface area contributed by atoms with E-state index in [1.165, 1.54) is 6.08 Å². The molecule has 180 valence electrons. The second kappa shape index (κ2) is 12.5. The van der Waals surface area contributed by atoms with Gasteiger partial charge < -0.3 is 19.5 Å². The number of ether oxygens (including phenoxy) is 3. The first-order valence-electron chi connectivity index (χ1n) is 10.4.